The minimum absolute atomic E-state index is 0.265. The average molecular weight is 219 g/mol. The molecule has 2 rings (SSSR count). The molecule has 0 saturated carbocycles. The number of benzene rings is 1. The highest BCUT2D eigenvalue weighted by Gasteiger charge is 2.06. The van der Waals surface area contributed by atoms with E-state index >= 15 is 0 Å². The van der Waals surface area contributed by atoms with Gasteiger partial charge in [0.05, 0.1) is 18.6 Å². The van der Waals surface area contributed by atoms with Crippen LogP contribution in [0.3, 0.4) is 0 Å². The highest BCUT2D eigenvalue weighted by Crippen LogP contribution is 2.16. The smallest absolute Gasteiger partial charge is 0.123 e. The Morgan fingerprint density at radius 2 is 2.12 bits per heavy atom. The minimum Gasteiger partial charge on any atom is -0.398 e. The molecule has 2 aromatic rings. The molecule has 0 atom stereocenters. The lowest BCUT2D eigenvalue weighted by Gasteiger charge is -2.08. The molecule has 0 amide bonds. The molecule has 0 aliphatic carbocycles. The van der Waals surface area contributed by atoms with Crippen molar-refractivity contribution in [3.63, 3.8) is 0 Å². The van der Waals surface area contributed by atoms with Crippen LogP contribution in [-0.2, 0) is 6.54 Å². The molecule has 0 spiro atoms. The quantitative estimate of drug-likeness (QED) is 0.787. The fraction of sp³-hybridized carbons (Fsp3) is 0.250. The Kier molecular flexibility index (Phi) is 2.64. The molecule has 0 aliphatic heterocycles. The molecule has 84 valence electrons. The number of nitrogens with zero attached hydrogens (tertiary/aromatic N) is 2. The van der Waals surface area contributed by atoms with Gasteiger partial charge in [0.25, 0.3) is 0 Å². The summed E-state index contributed by atoms with van der Waals surface area (Å²) in [5.41, 5.74) is 9.23. The molecular formula is C12H14FN3. The summed E-state index contributed by atoms with van der Waals surface area (Å²) in [5, 5.41) is 0. The van der Waals surface area contributed by atoms with Crippen molar-refractivity contribution in [1.29, 1.82) is 0 Å². The third kappa shape index (κ3) is 1.91. The molecule has 0 fully saturated rings. The molecule has 3 nitrogen and oxygen atoms in total. The lowest BCUT2D eigenvalue weighted by Crippen LogP contribution is -2.04. The maximum absolute atomic E-state index is 13.1. The van der Waals surface area contributed by atoms with Gasteiger partial charge in [-0.3, -0.25) is 0 Å². The number of halogens is 1. The second kappa shape index (κ2) is 3.96. The summed E-state index contributed by atoms with van der Waals surface area (Å²) in [5.74, 6) is -0.265. The molecule has 1 aromatic carbocycles. The van der Waals surface area contributed by atoms with E-state index in [0.29, 0.717) is 12.2 Å². The SMILES string of the molecule is Cc1ncn(Cc2cc(F)ccc2N)c1C. The van der Waals surface area contributed by atoms with Crippen LogP contribution in [0, 0.1) is 19.7 Å². The van der Waals surface area contributed by atoms with Gasteiger partial charge in [-0.25, -0.2) is 9.37 Å². The zero-order chi connectivity index (χ0) is 11.7. The first kappa shape index (κ1) is 10.7. The maximum atomic E-state index is 13.1. The molecule has 1 heterocycles. The Bertz CT molecular complexity index is 517. The van der Waals surface area contributed by atoms with E-state index in [-0.39, 0.29) is 5.82 Å². The largest absolute Gasteiger partial charge is 0.398 e. The van der Waals surface area contributed by atoms with Crippen molar-refractivity contribution in [3.05, 3.63) is 47.3 Å². The third-order valence-electron chi connectivity index (χ3n) is 2.79. The number of imidazole rings is 1. The summed E-state index contributed by atoms with van der Waals surface area (Å²) in [7, 11) is 0. The summed E-state index contributed by atoms with van der Waals surface area (Å²) in [6.45, 7) is 4.48. The predicted octanol–water partition coefficient (Wildman–Crippen LogP) is 2.27. The second-order valence-electron chi connectivity index (χ2n) is 3.89. The lowest BCUT2D eigenvalue weighted by molar-refractivity contribution is 0.623. The van der Waals surface area contributed by atoms with Crippen molar-refractivity contribution < 1.29 is 4.39 Å². The molecule has 4 heteroatoms. The molecule has 0 radical (unpaired) electrons. The number of rotatable bonds is 2. The van der Waals surface area contributed by atoms with Gasteiger partial charge in [0.2, 0.25) is 0 Å². The molecule has 0 aliphatic rings. The number of aryl methyl sites for hydroxylation is 1. The van der Waals surface area contributed by atoms with E-state index in [1.54, 1.807) is 12.4 Å². The van der Waals surface area contributed by atoms with Gasteiger partial charge in [0, 0.05) is 11.4 Å². The predicted molar refractivity (Wildman–Crippen MR) is 61.6 cm³/mol. The molecule has 2 N–H and O–H groups in total. The van der Waals surface area contributed by atoms with E-state index in [0.717, 1.165) is 17.0 Å². The first-order valence-electron chi connectivity index (χ1n) is 5.10. The first-order chi connectivity index (χ1) is 7.58. The molecule has 1 aromatic heterocycles. The minimum atomic E-state index is -0.265. The van der Waals surface area contributed by atoms with Gasteiger partial charge in [-0.15, -0.1) is 0 Å². The highest BCUT2D eigenvalue weighted by molar-refractivity contribution is 5.46. The van der Waals surface area contributed by atoms with Crippen molar-refractivity contribution in [1.82, 2.24) is 9.55 Å². The van der Waals surface area contributed by atoms with E-state index in [4.69, 9.17) is 5.73 Å². The molecular weight excluding hydrogens is 205 g/mol. The zero-order valence-electron chi connectivity index (χ0n) is 9.37. The number of nitrogen functional groups attached to an aromatic ring is 1. The Labute approximate surface area is 93.7 Å². The first-order valence-corrected chi connectivity index (χ1v) is 5.10. The Morgan fingerprint density at radius 3 is 2.75 bits per heavy atom. The van der Waals surface area contributed by atoms with Crippen LogP contribution in [0.1, 0.15) is 17.0 Å². The van der Waals surface area contributed by atoms with E-state index in [1.165, 1.54) is 12.1 Å². The Morgan fingerprint density at radius 1 is 1.38 bits per heavy atom. The van der Waals surface area contributed by atoms with Crippen LogP contribution in [0.4, 0.5) is 10.1 Å². The van der Waals surface area contributed by atoms with Crippen LogP contribution in [0.2, 0.25) is 0 Å². The van der Waals surface area contributed by atoms with E-state index in [1.807, 2.05) is 18.4 Å². The fourth-order valence-corrected chi connectivity index (χ4v) is 1.60. The Balaban J connectivity index is 2.33. The van der Waals surface area contributed by atoms with Crippen molar-refractivity contribution >= 4 is 5.69 Å². The molecule has 0 bridgehead atoms. The average Bonchev–Trinajstić information content (AvgIpc) is 2.55. The molecule has 0 unspecified atom stereocenters. The van der Waals surface area contributed by atoms with Crippen molar-refractivity contribution in [3.8, 4) is 0 Å². The highest BCUT2D eigenvalue weighted by atomic mass is 19.1. The Hall–Kier alpha value is -1.84. The third-order valence-corrected chi connectivity index (χ3v) is 2.79. The van der Waals surface area contributed by atoms with Crippen LogP contribution >= 0.6 is 0 Å². The standard InChI is InChI=1S/C12H14FN3/c1-8-9(2)16(7-15-8)6-10-5-11(13)3-4-12(10)14/h3-5,7H,6,14H2,1-2H3. The number of nitrogens with two attached hydrogens (primary N) is 1. The summed E-state index contributed by atoms with van der Waals surface area (Å²) in [4.78, 5) is 4.19. The van der Waals surface area contributed by atoms with Crippen LogP contribution in [0.25, 0.3) is 0 Å². The number of hydrogen-bond donors (Lipinski definition) is 1. The van der Waals surface area contributed by atoms with E-state index < -0.39 is 0 Å². The maximum Gasteiger partial charge on any atom is 0.123 e. The van der Waals surface area contributed by atoms with Crippen LogP contribution in [-0.4, -0.2) is 9.55 Å². The van der Waals surface area contributed by atoms with Gasteiger partial charge in [-0.2, -0.15) is 0 Å². The van der Waals surface area contributed by atoms with E-state index in [9.17, 15) is 4.39 Å². The van der Waals surface area contributed by atoms with Crippen LogP contribution in [0.15, 0.2) is 24.5 Å². The topological polar surface area (TPSA) is 43.8 Å². The zero-order valence-corrected chi connectivity index (χ0v) is 9.37. The molecule has 16 heavy (non-hydrogen) atoms. The van der Waals surface area contributed by atoms with Gasteiger partial charge in [-0.05, 0) is 37.6 Å². The number of aromatic nitrogens is 2. The normalized spacial score (nSPS) is 10.7. The summed E-state index contributed by atoms with van der Waals surface area (Å²) in [6.07, 6.45) is 1.75. The van der Waals surface area contributed by atoms with E-state index in [2.05, 4.69) is 4.98 Å². The van der Waals surface area contributed by atoms with Gasteiger partial charge in [0.15, 0.2) is 0 Å². The van der Waals surface area contributed by atoms with Gasteiger partial charge >= 0.3 is 0 Å². The number of hydrogen-bond acceptors (Lipinski definition) is 2. The summed E-state index contributed by atoms with van der Waals surface area (Å²) < 4.78 is 15.0. The summed E-state index contributed by atoms with van der Waals surface area (Å²) in [6, 6.07) is 4.42. The monoisotopic (exact) mass is 219 g/mol. The lowest BCUT2D eigenvalue weighted by atomic mass is 10.1. The van der Waals surface area contributed by atoms with Crippen LogP contribution in [0.5, 0.6) is 0 Å². The fourth-order valence-electron chi connectivity index (χ4n) is 1.60. The number of anilines is 1. The van der Waals surface area contributed by atoms with Gasteiger partial charge in [-0.1, -0.05) is 0 Å². The van der Waals surface area contributed by atoms with Crippen LogP contribution < -0.4 is 5.73 Å². The van der Waals surface area contributed by atoms with Crippen molar-refractivity contribution in [2.45, 2.75) is 20.4 Å². The second-order valence-corrected chi connectivity index (χ2v) is 3.89. The van der Waals surface area contributed by atoms with Gasteiger partial charge < -0.3 is 10.3 Å². The summed E-state index contributed by atoms with van der Waals surface area (Å²) >= 11 is 0. The van der Waals surface area contributed by atoms with Crippen molar-refractivity contribution in [2.24, 2.45) is 0 Å². The van der Waals surface area contributed by atoms with Gasteiger partial charge in [0.1, 0.15) is 5.82 Å². The molecule has 0 saturated heterocycles. The van der Waals surface area contributed by atoms with Crippen molar-refractivity contribution in [2.75, 3.05) is 5.73 Å².